The molecule has 4 heteroatoms. The van der Waals surface area contributed by atoms with E-state index in [1.54, 1.807) is 7.11 Å². The summed E-state index contributed by atoms with van der Waals surface area (Å²) >= 11 is 0. The average Bonchev–Trinajstić information content (AvgIpc) is 3.26. The van der Waals surface area contributed by atoms with Crippen molar-refractivity contribution in [1.29, 1.82) is 0 Å². The van der Waals surface area contributed by atoms with Crippen LogP contribution in [-0.2, 0) is 7.05 Å². The first-order valence-corrected chi connectivity index (χ1v) is 8.52. The van der Waals surface area contributed by atoms with Crippen LogP contribution in [-0.4, -0.2) is 29.5 Å². The van der Waals surface area contributed by atoms with Gasteiger partial charge in [-0.15, -0.1) is 0 Å². The van der Waals surface area contributed by atoms with Crippen LogP contribution in [0.15, 0.2) is 6.20 Å². The first kappa shape index (κ1) is 14.9. The van der Waals surface area contributed by atoms with Gasteiger partial charge in [-0.2, -0.15) is 5.10 Å². The van der Waals surface area contributed by atoms with Crippen LogP contribution in [0.5, 0.6) is 5.75 Å². The van der Waals surface area contributed by atoms with Gasteiger partial charge in [-0.3, -0.25) is 4.68 Å². The van der Waals surface area contributed by atoms with Gasteiger partial charge in [-0.1, -0.05) is 19.8 Å². The van der Waals surface area contributed by atoms with Crippen molar-refractivity contribution < 1.29 is 4.74 Å². The minimum Gasteiger partial charge on any atom is -0.493 e. The van der Waals surface area contributed by atoms with E-state index in [0.29, 0.717) is 5.92 Å². The second-order valence-corrected chi connectivity index (χ2v) is 6.86. The van der Waals surface area contributed by atoms with Gasteiger partial charge in [0.1, 0.15) is 0 Å². The predicted molar refractivity (Wildman–Crippen MR) is 84.6 cm³/mol. The Kier molecular flexibility index (Phi) is 4.53. The van der Waals surface area contributed by atoms with E-state index < -0.39 is 0 Å². The third-order valence-electron chi connectivity index (χ3n) is 5.45. The normalized spacial score (nSPS) is 29.6. The Balaban J connectivity index is 1.79. The molecule has 1 aromatic rings. The topological polar surface area (TPSA) is 39.1 Å². The molecular weight excluding hydrogens is 262 g/mol. The van der Waals surface area contributed by atoms with Crippen LogP contribution in [0, 0.1) is 11.8 Å². The third-order valence-corrected chi connectivity index (χ3v) is 5.45. The summed E-state index contributed by atoms with van der Waals surface area (Å²) in [5.74, 6) is 3.12. The molecular formula is C17H29N3O. The van der Waals surface area contributed by atoms with Gasteiger partial charge in [0.25, 0.3) is 0 Å². The molecule has 2 saturated carbocycles. The molecule has 118 valence electrons. The van der Waals surface area contributed by atoms with Crippen LogP contribution >= 0.6 is 0 Å². The maximum absolute atomic E-state index is 5.57. The van der Waals surface area contributed by atoms with Crippen LogP contribution in [0.25, 0.3) is 0 Å². The zero-order chi connectivity index (χ0) is 14.8. The number of ether oxygens (including phenoxy) is 1. The number of rotatable bonds is 6. The van der Waals surface area contributed by atoms with Gasteiger partial charge in [-0.25, -0.2) is 0 Å². The quantitative estimate of drug-likeness (QED) is 0.875. The lowest BCUT2D eigenvalue weighted by atomic mass is 9.71. The summed E-state index contributed by atoms with van der Waals surface area (Å²) in [5, 5.41) is 8.16. The fourth-order valence-corrected chi connectivity index (χ4v) is 3.88. The molecule has 1 aromatic heterocycles. The van der Waals surface area contributed by atoms with Gasteiger partial charge in [0.2, 0.25) is 0 Å². The standard InChI is InChI=1S/C17H29N3O/c1-4-12-5-6-13(10-18-14-7-8-14)15(9-12)17-16(21-3)11-19-20(17)2/h11-15,18H,4-10H2,1-3H3. The summed E-state index contributed by atoms with van der Waals surface area (Å²) in [6, 6.07) is 0.794. The maximum atomic E-state index is 5.57. The molecule has 4 nitrogen and oxygen atoms in total. The van der Waals surface area contributed by atoms with E-state index in [4.69, 9.17) is 4.74 Å². The number of nitrogens with one attached hydrogen (secondary N) is 1. The Bertz CT molecular complexity index is 467. The van der Waals surface area contributed by atoms with Gasteiger partial charge in [-0.05, 0) is 44.1 Å². The largest absolute Gasteiger partial charge is 0.493 e. The number of methoxy groups -OCH3 is 1. The summed E-state index contributed by atoms with van der Waals surface area (Å²) in [5.41, 5.74) is 1.30. The molecule has 2 aliphatic carbocycles. The first-order chi connectivity index (χ1) is 10.2. The van der Waals surface area contributed by atoms with Crippen LogP contribution in [0.3, 0.4) is 0 Å². The number of nitrogens with zero attached hydrogens (tertiary/aromatic N) is 2. The van der Waals surface area contributed by atoms with E-state index in [1.807, 2.05) is 10.9 Å². The zero-order valence-electron chi connectivity index (χ0n) is 13.6. The maximum Gasteiger partial charge on any atom is 0.160 e. The molecule has 0 saturated heterocycles. The van der Waals surface area contributed by atoms with Crippen molar-refractivity contribution >= 4 is 0 Å². The van der Waals surface area contributed by atoms with Crippen molar-refractivity contribution in [2.45, 2.75) is 57.4 Å². The summed E-state index contributed by atoms with van der Waals surface area (Å²) in [4.78, 5) is 0. The fraction of sp³-hybridized carbons (Fsp3) is 0.824. The van der Waals surface area contributed by atoms with Crippen molar-refractivity contribution in [2.75, 3.05) is 13.7 Å². The monoisotopic (exact) mass is 291 g/mol. The van der Waals surface area contributed by atoms with Gasteiger partial charge >= 0.3 is 0 Å². The highest BCUT2D eigenvalue weighted by Crippen LogP contribution is 2.44. The molecule has 2 fully saturated rings. The lowest BCUT2D eigenvalue weighted by molar-refractivity contribution is 0.215. The molecule has 21 heavy (non-hydrogen) atoms. The summed E-state index contributed by atoms with van der Waals surface area (Å²) in [6.07, 6.45) is 9.88. The highest BCUT2D eigenvalue weighted by Gasteiger charge is 2.35. The van der Waals surface area contributed by atoms with Gasteiger partial charge in [0.05, 0.1) is 19.0 Å². The number of aromatic nitrogens is 2. The van der Waals surface area contributed by atoms with Crippen molar-refractivity contribution in [1.82, 2.24) is 15.1 Å². The molecule has 0 bridgehead atoms. The lowest BCUT2D eigenvalue weighted by Crippen LogP contribution is -2.34. The Morgan fingerprint density at radius 2 is 2.14 bits per heavy atom. The summed E-state index contributed by atoms with van der Waals surface area (Å²) < 4.78 is 7.60. The third kappa shape index (κ3) is 3.25. The smallest absolute Gasteiger partial charge is 0.160 e. The highest BCUT2D eigenvalue weighted by atomic mass is 16.5. The molecule has 0 radical (unpaired) electrons. The van der Waals surface area contributed by atoms with E-state index in [1.165, 1.54) is 44.2 Å². The van der Waals surface area contributed by atoms with Crippen LogP contribution in [0.2, 0.25) is 0 Å². The molecule has 0 aromatic carbocycles. The Morgan fingerprint density at radius 1 is 1.33 bits per heavy atom. The zero-order valence-corrected chi connectivity index (χ0v) is 13.6. The van der Waals surface area contributed by atoms with E-state index in [0.717, 1.165) is 30.2 Å². The van der Waals surface area contributed by atoms with E-state index >= 15 is 0 Å². The van der Waals surface area contributed by atoms with Crippen LogP contribution in [0.4, 0.5) is 0 Å². The Hall–Kier alpha value is -1.03. The van der Waals surface area contributed by atoms with E-state index in [2.05, 4.69) is 24.4 Å². The van der Waals surface area contributed by atoms with E-state index in [9.17, 15) is 0 Å². The summed E-state index contributed by atoms with van der Waals surface area (Å²) in [6.45, 7) is 3.48. The SMILES string of the molecule is CCC1CCC(CNC2CC2)C(c2c(OC)cnn2C)C1. The minimum absolute atomic E-state index is 0.581. The molecule has 0 spiro atoms. The van der Waals surface area contributed by atoms with Gasteiger partial charge in [0.15, 0.2) is 5.75 Å². The summed E-state index contributed by atoms with van der Waals surface area (Å²) in [7, 11) is 3.82. The molecule has 0 aliphatic heterocycles. The van der Waals surface area contributed by atoms with Crippen molar-refractivity contribution in [3.05, 3.63) is 11.9 Å². The van der Waals surface area contributed by atoms with Crippen molar-refractivity contribution in [3.8, 4) is 5.75 Å². The van der Waals surface area contributed by atoms with Crippen molar-refractivity contribution in [3.63, 3.8) is 0 Å². The lowest BCUT2D eigenvalue weighted by Gasteiger charge is -2.36. The second-order valence-electron chi connectivity index (χ2n) is 6.86. The van der Waals surface area contributed by atoms with Gasteiger partial charge < -0.3 is 10.1 Å². The molecule has 1 N–H and O–H groups in total. The fourth-order valence-electron chi connectivity index (χ4n) is 3.88. The number of hydrogen-bond donors (Lipinski definition) is 1. The van der Waals surface area contributed by atoms with Crippen molar-refractivity contribution in [2.24, 2.45) is 18.9 Å². The highest BCUT2D eigenvalue weighted by molar-refractivity contribution is 5.29. The average molecular weight is 291 g/mol. The molecule has 3 atom stereocenters. The number of hydrogen-bond acceptors (Lipinski definition) is 3. The molecule has 1 heterocycles. The minimum atomic E-state index is 0.581. The second kappa shape index (κ2) is 6.39. The number of aryl methyl sites for hydroxylation is 1. The Labute approximate surface area is 128 Å². The molecule has 3 unspecified atom stereocenters. The van der Waals surface area contributed by atoms with Crippen LogP contribution < -0.4 is 10.1 Å². The first-order valence-electron chi connectivity index (χ1n) is 8.52. The molecule has 0 amide bonds. The van der Waals surface area contributed by atoms with Gasteiger partial charge in [0, 0.05) is 19.0 Å². The molecule has 2 aliphatic rings. The van der Waals surface area contributed by atoms with Crippen LogP contribution in [0.1, 0.15) is 57.1 Å². The van der Waals surface area contributed by atoms with E-state index in [-0.39, 0.29) is 0 Å². The Morgan fingerprint density at radius 3 is 2.81 bits per heavy atom. The predicted octanol–water partition coefficient (Wildman–Crippen LogP) is 3.09. The molecule has 3 rings (SSSR count).